The molecule has 7 nitrogen and oxygen atoms in total. The first kappa shape index (κ1) is 18.3. The minimum Gasteiger partial charge on any atom is -0.387 e. The summed E-state index contributed by atoms with van der Waals surface area (Å²) < 4.78 is 0. The summed E-state index contributed by atoms with van der Waals surface area (Å²) in [5, 5.41) is 21.2. The van der Waals surface area contributed by atoms with Gasteiger partial charge in [0.05, 0.1) is 11.3 Å². The third-order valence-corrected chi connectivity index (χ3v) is 3.45. The quantitative estimate of drug-likeness (QED) is 0.675. The summed E-state index contributed by atoms with van der Waals surface area (Å²) in [6.07, 6.45) is 3.16. The highest BCUT2D eigenvalue weighted by Gasteiger charge is 2.34. The lowest BCUT2D eigenvalue weighted by atomic mass is 9.92. The third-order valence-electron chi connectivity index (χ3n) is 3.45. The third kappa shape index (κ3) is 4.92. The van der Waals surface area contributed by atoms with E-state index in [2.05, 4.69) is 4.98 Å². The number of hydrogen-bond donors (Lipinski definition) is 1. The van der Waals surface area contributed by atoms with Crippen molar-refractivity contribution in [2.75, 3.05) is 38.6 Å². The second-order valence-corrected chi connectivity index (χ2v) is 5.62. The van der Waals surface area contributed by atoms with Crippen molar-refractivity contribution in [3.8, 4) is 0 Å². The SMILES string of the molecule is CC.CN(C)CC1(O)CCCN(c2ccc([N+](=O)[O-])nc2)C1. The number of anilines is 1. The van der Waals surface area contributed by atoms with Crippen LogP contribution >= 0.6 is 0 Å². The van der Waals surface area contributed by atoms with Gasteiger partial charge < -0.3 is 25.0 Å². The maximum atomic E-state index is 10.6. The maximum absolute atomic E-state index is 10.6. The first-order valence-electron chi connectivity index (χ1n) is 7.62. The molecule has 0 radical (unpaired) electrons. The van der Waals surface area contributed by atoms with Crippen molar-refractivity contribution >= 4 is 11.5 Å². The van der Waals surface area contributed by atoms with Gasteiger partial charge in [-0.15, -0.1) is 0 Å². The number of β-amino-alcohol motifs (C(OH)–C–C–N with tert-alkyl or cyclic N) is 1. The Labute approximate surface area is 131 Å². The standard InChI is InChI=1S/C13H20N4O3.C2H6/c1-15(2)9-13(18)6-3-7-16(10-13)11-4-5-12(14-8-11)17(19)20;1-2/h4-5,8,18H,3,6-7,9-10H2,1-2H3;1-2H3. The summed E-state index contributed by atoms with van der Waals surface area (Å²) in [5.41, 5.74) is 0.0660. The summed E-state index contributed by atoms with van der Waals surface area (Å²) in [4.78, 5) is 17.9. The van der Waals surface area contributed by atoms with E-state index in [1.807, 2.05) is 37.7 Å². The smallest absolute Gasteiger partial charge is 0.363 e. The number of nitro groups is 1. The van der Waals surface area contributed by atoms with Crippen LogP contribution in [-0.4, -0.2) is 59.2 Å². The predicted octanol–water partition coefficient (Wildman–Crippen LogP) is 1.91. The zero-order chi connectivity index (χ0) is 16.8. The van der Waals surface area contributed by atoms with Crippen molar-refractivity contribution in [3.05, 3.63) is 28.4 Å². The fourth-order valence-corrected chi connectivity index (χ4v) is 2.72. The molecule has 0 aliphatic carbocycles. The highest BCUT2D eigenvalue weighted by atomic mass is 16.6. The molecule has 1 aliphatic rings. The van der Waals surface area contributed by atoms with Gasteiger partial charge >= 0.3 is 5.82 Å². The minimum atomic E-state index is -0.747. The van der Waals surface area contributed by atoms with Gasteiger partial charge in [-0.05, 0) is 42.9 Å². The predicted molar refractivity (Wildman–Crippen MR) is 87.2 cm³/mol. The Bertz CT molecular complexity index is 478. The minimum absolute atomic E-state index is 0.158. The highest BCUT2D eigenvalue weighted by molar-refractivity contribution is 5.47. The Kier molecular flexibility index (Phi) is 6.70. The Morgan fingerprint density at radius 3 is 2.64 bits per heavy atom. The van der Waals surface area contributed by atoms with Gasteiger partial charge in [0.2, 0.25) is 0 Å². The Morgan fingerprint density at radius 2 is 2.14 bits per heavy atom. The molecule has 0 amide bonds. The number of likely N-dealkylation sites (N-methyl/N-ethyl adjacent to an activating group) is 1. The van der Waals surface area contributed by atoms with E-state index in [9.17, 15) is 15.2 Å². The molecule has 0 spiro atoms. The zero-order valence-electron chi connectivity index (χ0n) is 13.8. The average molecular weight is 310 g/mol. The Balaban J connectivity index is 0.00000116. The summed E-state index contributed by atoms with van der Waals surface area (Å²) in [6, 6.07) is 3.08. The van der Waals surface area contributed by atoms with E-state index in [0.29, 0.717) is 13.1 Å². The number of piperidine rings is 1. The van der Waals surface area contributed by atoms with Crippen molar-refractivity contribution in [1.82, 2.24) is 9.88 Å². The number of rotatable bonds is 4. The first-order valence-corrected chi connectivity index (χ1v) is 7.62. The summed E-state index contributed by atoms with van der Waals surface area (Å²) in [6.45, 7) is 5.95. The van der Waals surface area contributed by atoms with Crippen molar-refractivity contribution in [3.63, 3.8) is 0 Å². The monoisotopic (exact) mass is 310 g/mol. The Hall–Kier alpha value is -1.73. The van der Waals surface area contributed by atoms with Crippen LogP contribution in [0.15, 0.2) is 18.3 Å². The molecular weight excluding hydrogens is 284 g/mol. The first-order chi connectivity index (χ1) is 10.4. The molecule has 1 N–H and O–H groups in total. The Morgan fingerprint density at radius 1 is 1.45 bits per heavy atom. The van der Waals surface area contributed by atoms with Gasteiger partial charge in [-0.2, -0.15) is 0 Å². The van der Waals surface area contributed by atoms with Gasteiger partial charge in [-0.1, -0.05) is 13.8 Å². The van der Waals surface area contributed by atoms with Crippen LogP contribution < -0.4 is 4.90 Å². The van der Waals surface area contributed by atoms with Crippen LogP contribution in [0, 0.1) is 10.1 Å². The van der Waals surface area contributed by atoms with Gasteiger partial charge in [-0.25, -0.2) is 0 Å². The molecule has 0 bridgehead atoms. The van der Waals surface area contributed by atoms with Crippen LogP contribution in [0.5, 0.6) is 0 Å². The largest absolute Gasteiger partial charge is 0.387 e. The molecule has 0 aromatic carbocycles. The van der Waals surface area contributed by atoms with E-state index in [0.717, 1.165) is 25.1 Å². The van der Waals surface area contributed by atoms with Crippen molar-refractivity contribution in [2.24, 2.45) is 0 Å². The van der Waals surface area contributed by atoms with E-state index >= 15 is 0 Å². The second kappa shape index (κ2) is 8.05. The number of nitrogens with zero attached hydrogens (tertiary/aromatic N) is 4. The fourth-order valence-electron chi connectivity index (χ4n) is 2.72. The molecule has 1 fully saturated rings. The van der Waals surface area contributed by atoms with Gasteiger partial charge in [0.15, 0.2) is 6.20 Å². The fraction of sp³-hybridized carbons (Fsp3) is 0.667. The van der Waals surface area contributed by atoms with Crippen molar-refractivity contribution in [1.29, 1.82) is 0 Å². The maximum Gasteiger partial charge on any atom is 0.363 e. The van der Waals surface area contributed by atoms with Crippen LogP contribution in [0.3, 0.4) is 0 Å². The van der Waals surface area contributed by atoms with Gasteiger partial charge in [0, 0.05) is 25.7 Å². The average Bonchev–Trinajstić information content (AvgIpc) is 2.48. The molecule has 22 heavy (non-hydrogen) atoms. The van der Waals surface area contributed by atoms with Gasteiger partial charge in [-0.3, -0.25) is 0 Å². The molecular formula is C15H26N4O3. The van der Waals surface area contributed by atoms with Crippen LogP contribution in [0.25, 0.3) is 0 Å². The van der Waals surface area contributed by atoms with Crippen LogP contribution in [0.2, 0.25) is 0 Å². The highest BCUT2D eigenvalue weighted by Crippen LogP contribution is 2.26. The number of aliphatic hydroxyl groups is 1. The molecule has 1 aromatic heterocycles. The molecule has 1 atom stereocenters. The molecule has 0 saturated carbocycles. The number of hydrogen-bond acceptors (Lipinski definition) is 6. The molecule has 1 unspecified atom stereocenters. The van der Waals surface area contributed by atoms with E-state index in [4.69, 9.17) is 0 Å². The summed E-state index contributed by atoms with van der Waals surface area (Å²) in [7, 11) is 3.87. The van der Waals surface area contributed by atoms with Gasteiger partial charge in [0.1, 0.15) is 0 Å². The zero-order valence-corrected chi connectivity index (χ0v) is 13.8. The molecule has 124 valence electrons. The lowest BCUT2D eigenvalue weighted by molar-refractivity contribution is -0.389. The van der Waals surface area contributed by atoms with E-state index in [-0.39, 0.29) is 5.82 Å². The van der Waals surface area contributed by atoms with Crippen LogP contribution in [0.1, 0.15) is 26.7 Å². The van der Waals surface area contributed by atoms with E-state index < -0.39 is 10.5 Å². The van der Waals surface area contributed by atoms with Crippen molar-refractivity contribution in [2.45, 2.75) is 32.3 Å². The van der Waals surface area contributed by atoms with Gasteiger partial charge in [0.25, 0.3) is 0 Å². The molecule has 1 aliphatic heterocycles. The second-order valence-electron chi connectivity index (χ2n) is 5.62. The topological polar surface area (TPSA) is 82.7 Å². The van der Waals surface area contributed by atoms with E-state index in [1.54, 1.807) is 6.07 Å². The summed E-state index contributed by atoms with van der Waals surface area (Å²) >= 11 is 0. The lowest BCUT2D eigenvalue weighted by Crippen LogP contribution is -2.53. The molecule has 1 saturated heterocycles. The molecule has 1 aromatic rings. The van der Waals surface area contributed by atoms with Crippen LogP contribution in [0.4, 0.5) is 11.5 Å². The van der Waals surface area contributed by atoms with Crippen LogP contribution in [-0.2, 0) is 0 Å². The van der Waals surface area contributed by atoms with Crippen molar-refractivity contribution < 1.29 is 10.0 Å². The van der Waals surface area contributed by atoms with E-state index in [1.165, 1.54) is 12.3 Å². The molecule has 2 rings (SSSR count). The summed E-state index contributed by atoms with van der Waals surface area (Å²) in [5.74, 6) is -0.158. The lowest BCUT2D eigenvalue weighted by Gasteiger charge is -2.41. The normalized spacial score (nSPS) is 21.3. The number of pyridine rings is 1. The number of aromatic nitrogens is 1. The molecule has 2 heterocycles. The molecule has 7 heteroatoms.